The molecule has 0 aliphatic carbocycles. The van der Waals surface area contributed by atoms with Crippen LogP contribution in [-0.2, 0) is 27.9 Å². The van der Waals surface area contributed by atoms with Gasteiger partial charge in [-0.05, 0) is 77.0 Å². The zero-order valence-corrected chi connectivity index (χ0v) is 41.7. The summed E-state index contributed by atoms with van der Waals surface area (Å²) < 4.78 is 27.0. The van der Waals surface area contributed by atoms with Gasteiger partial charge in [0, 0.05) is 19.4 Å². The third-order valence-corrected chi connectivity index (χ3v) is 12.2. The van der Waals surface area contributed by atoms with Crippen LogP contribution in [0.25, 0.3) is 0 Å². The molecular weight excluding hydrogens is 810 g/mol. The topological polar surface area (TPSA) is 131 Å². The van der Waals surface area contributed by atoms with E-state index in [0.717, 1.165) is 51.4 Å². The molecular formula is C53H98NO8P. The minimum absolute atomic E-state index is 0.0809. The lowest BCUT2D eigenvalue weighted by molar-refractivity contribution is -0.147. The van der Waals surface area contributed by atoms with Gasteiger partial charge < -0.3 is 20.1 Å². The second-order valence-corrected chi connectivity index (χ2v) is 18.9. The highest BCUT2D eigenvalue weighted by atomic mass is 31.2. The van der Waals surface area contributed by atoms with Crippen LogP contribution in [0, 0.1) is 0 Å². The largest absolute Gasteiger partial charge is 0.472 e. The first-order valence-electron chi connectivity index (χ1n) is 26.1. The molecule has 368 valence electrons. The van der Waals surface area contributed by atoms with E-state index in [1.807, 2.05) is 0 Å². The quantitative estimate of drug-likeness (QED) is 0.0238. The maximum Gasteiger partial charge on any atom is 0.472 e. The second-order valence-electron chi connectivity index (χ2n) is 17.5. The molecule has 0 aliphatic heterocycles. The molecule has 0 saturated heterocycles. The van der Waals surface area contributed by atoms with Crippen molar-refractivity contribution in [2.45, 2.75) is 251 Å². The van der Waals surface area contributed by atoms with Crippen molar-refractivity contribution in [3.63, 3.8) is 0 Å². The number of hydrogen-bond donors (Lipinski definition) is 3. The Morgan fingerprint density at radius 3 is 1.27 bits per heavy atom. The number of esters is 1. The summed E-state index contributed by atoms with van der Waals surface area (Å²) in [7, 11) is -4.42. The van der Waals surface area contributed by atoms with Crippen LogP contribution in [0.3, 0.4) is 0 Å². The molecule has 0 aromatic rings. The number of aliphatic hydroxyl groups excluding tert-OH is 1. The Morgan fingerprint density at radius 1 is 0.492 bits per heavy atom. The predicted octanol–water partition coefficient (Wildman–Crippen LogP) is 15.4. The van der Waals surface area contributed by atoms with Crippen molar-refractivity contribution in [3.05, 3.63) is 48.6 Å². The molecule has 0 heterocycles. The van der Waals surface area contributed by atoms with Crippen LogP contribution >= 0.6 is 7.82 Å². The Hall–Kier alpha value is -2.03. The van der Waals surface area contributed by atoms with Gasteiger partial charge in [0.2, 0.25) is 5.91 Å². The second kappa shape index (κ2) is 49.4. The van der Waals surface area contributed by atoms with Gasteiger partial charge >= 0.3 is 13.8 Å². The number of ether oxygens (including phenoxy) is 1. The Kier molecular flexibility index (Phi) is 47.8. The summed E-state index contributed by atoms with van der Waals surface area (Å²) in [5, 5.41) is 12.8. The predicted molar refractivity (Wildman–Crippen MR) is 266 cm³/mol. The summed E-state index contributed by atoms with van der Waals surface area (Å²) in [6.07, 6.45) is 59.0. The summed E-state index contributed by atoms with van der Waals surface area (Å²) in [6.45, 7) is 3.53. The van der Waals surface area contributed by atoms with Crippen molar-refractivity contribution in [2.75, 3.05) is 26.4 Å². The summed E-state index contributed by atoms with van der Waals surface area (Å²) in [5.74, 6) is -0.516. The van der Waals surface area contributed by atoms with Gasteiger partial charge in [0.15, 0.2) is 0 Å². The fraction of sp³-hybridized carbons (Fsp3) is 0.811. The van der Waals surface area contributed by atoms with Gasteiger partial charge in [-0.2, -0.15) is 0 Å². The molecule has 0 saturated carbocycles. The zero-order chi connectivity index (χ0) is 46.0. The van der Waals surface area contributed by atoms with Crippen LogP contribution in [0.5, 0.6) is 0 Å². The van der Waals surface area contributed by atoms with Crippen LogP contribution in [0.4, 0.5) is 0 Å². The van der Waals surface area contributed by atoms with E-state index in [9.17, 15) is 24.2 Å². The molecule has 0 spiro atoms. The molecule has 10 heteroatoms. The highest BCUT2D eigenvalue weighted by molar-refractivity contribution is 7.47. The lowest BCUT2D eigenvalue weighted by Crippen LogP contribution is -2.27. The molecule has 63 heavy (non-hydrogen) atoms. The lowest BCUT2D eigenvalue weighted by atomic mass is 10.0. The van der Waals surface area contributed by atoms with Gasteiger partial charge in [0.05, 0.1) is 13.2 Å². The van der Waals surface area contributed by atoms with Crippen LogP contribution in [0.1, 0.15) is 245 Å². The van der Waals surface area contributed by atoms with Crippen molar-refractivity contribution in [2.24, 2.45) is 0 Å². The van der Waals surface area contributed by atoms with Crippen LogP contribution in [0.15, 0.2) is 48.6 Å². The molecule has 2 unspecified atom stereocenters. The van der Waals surface area contributed by atoms with Crippen molar-refractivity contribution >= 4 is 19.7 Å². The number of nitrogens with one attached hydrogen (secondary N) is 1. The molecule has 0 fully saturated rings. The number of amides is 1. The molecule has 0 aromatic carbocycles. The van der Waals surface area contributed by atoms with E-state index in [2.05, 4.69) is 67.8 Å². The van der Waals surface area contributed by atoms with E-state index < -0.39 is 26.5 Å². The van der Waals surface area contributed by atoms with Crippen molar-refractivity contribution < 1.29 is 37.9 Å². The van der Waals surface area contributed by atoms with Gasteiger partial charge in [-0.15, -0.1) is 0 Å². The van der Waals surface area contributed by atoms with Gasteiger partial charge in [0.25, 0.3) is 0 Å². The van der Waals surface area contributed by atoms with E-state index >= 15 is 0 Å². The number of hydrogen-bond acceptors (Lipinski definition) is 7. The number of phosphoric acid groups is 1. The number of carbonyl (C=O) groups excluding carboxylic acids is 2. The van der Waals surface area contributed by atoms with Crippen molar-refractivity contribution in [1.82, 2.24) is 5.32 Å². The fourth-order valence-electron chi connectivity index (χ4n) is 7.27. The number of unbranched alkanes of at least 4 members (excludes halogenated alkanes) is 28. The maximum atomic E-state index is 12.2. The molecule has 0 rings (SSSR count). The lowest BCUT2D eigenvalue weighted by Gasteiger charge is -2.15. The number of carbonyl (C=O) groups is 2. The number of rotatable bonds is 49. The smallest absolute Gasteiger partial charge is 0.463 e. The maximum absolute atomic E-state index is 12.2. The number of phosphoric ester groups is 1. The van der Waals surface area contributed by atoms with Crippen molar-refractivity contribution in [3.8, 4) is 0 Å². The molecule has 0 aliphatic rings. The first-order valence-corrected chi connectivity index (χ1v) is 27.6. The fourth-order valence-corrected chi connectivity index (χ4v) is 8.02. The minimum atomic E-state index is -4.42. The Labute approximate surface area is 387 Å². The third kappa shape index (κ3) is 50.8. The average molecular weight is 908 g/mol. The highest BCUT2D eigenvalue weighted by Crippen LogP contribution is 2.42. The van der Waals surface area contributed by atoms with E-state index in [4.69, 9.17) is 13.8 Å². The number of allylic oxidation sites excluding steroid dienone is 8. The summed E-state index contributed by atoms with van der Waals surface area (Å²) in [6, 6.07) is 0. The molecule has 0 radical (unpaired) electrons. The summed E-state index contributed by atoms with van der Waals surface area (Å²) in [5.41, 5.74) is 0. The molecule has 3 N–H and O–H groups in total. The first-order chi connectivity index (χ1) is 30.8. The van der Waals surface area contributed by atoms with Crippen LogP contribution < -0.4 is 5.32 Å². The molecule has 1 amide bonds. The molecule has 9 nitrogen and oxygen atoms in total. The molecule has 0 bridgehead atoms. The zero-order valence-electron chi connectivity index (χ0n) is 40.8. The van der Waals surface area contributed by atoms with E-state index in [1.165, 1.54) is 167 Å². The Balaban J connectivity index is 3.54. The molecule has 0 aromatic heterocycles. The summed E-state index contributed by atoms with van der Waals surface area (Å²) >= 11 is 0. The van der Waals surface area contributed by atoms with E-state index in [-0.39, 0.29) is 32.1 Å². The Bertz CT molecular complexity index is 1170. The van der Waals surface area contributed by atoms with Crippen LogP contribution in [-0.4, -0.2) is 54.3 Å². The van der Waals surface area contributed by atoms with E-state index in [0.29, 0.717) is 6.42 Å². The van der Waals surface area contributed by atoms with Gasteiger partial charge in [-0.25, -0.2) is 4.57 Å². The van der Waals surface area contributed by atoms with Crippen molar-refractivity contribution in [1.29, 1.82) is 0 Å². The SMILES string of the molecule is CCCCC/C=C\C/C=C\CCCCCCCCCCCCCCCC(=O)NCCOP(=O)(O)OCC(O)COC(=O)CCCCCCCCCCC/C=C\C/C=C\CCCCC. The average Bonchev–Trinajstić information content (AvgIpc) is 3.27. The number of aliphatic hydroxyl groups is 1. The van der Waals surface area contributed by atoms with Gasteiger partial charge in [-0.3, -0.25) is 18.6 Å². The monoisotopic (exact) mass is 908 g/mol. The summed E-state index contributed by atoms with van der Waals surface area (Å²) in [4.78, 5) is 34.1. The van der Waals surface area contributed by atoms with Gasteiger partial charge in [0.1, 0.15) is 12.7 Å². The minimum Gasteiger partial charge on any atom is -0.463 e. The standard InChI is InChI=1S/C53H98NO8P/c1-3-5-7-9-11-13-15-17-19-21-23-24-25-26-28-29-31-33-35-37-39-41-43-45-52(56)54-47-48-61-63(58,59)62-50-51(55)49-60-53(57)46-44-42-40-38-36-34-32-30-27-22-20-18-16-14-12-10-8-6-4-2/h11-14,17-20,51,55H,3-10,15-16,21-50H2,1-2H3,(H,54,56)(H,58,59)/b13-11-,14-12-,19-17-,20-18-. The third-order valence-electron chi connectivity index (χ3n) is 11.2. The first kappa shape index (κ1) is 61.0. The van der Waals surface area contributed by atoms with Crippen LogP contribution in [0.2, 0.25) is 0 Å². The highest BCUT2D eigenvalue weighted by Gasteiger charge is 2.23. The normalized spacial score (nSPS) is 13.5. The van der Waals surface area contributed by atoms with Gasteiger partial charge in [-0.1, -0.05) is 204 Å². The molecule has 2 atom stereocenters. The van der Waals surface area contributed by atoms with E-state index in [1.54, 1.807) is 0 Å². The Morgan fingerprint density at radius 2 is 0.857 bits per heavy atom.